The topological polar surface area (TPSA) is 21.3 Å². The van der Waals surface area contributed by atoms with Crippen LogP contribution in [-0.2, 0) is 0 Å². The molecule has 2 nitrogen and oxygen atoms in total. The van der Waals surface area contributed by atoms with Gasteiger partial charge in [-0.25, -0.2) is 0 Å². The first-order chi connectivity index (χ1) is 9.72. The summed E-state index contributed by atoms with van der Waals surface area (Å²) in [7, 11) is 1.79. The van der Waals surface area contributed by atoms with Gasteiger partial charge in [-0.05, 0) is 55.3 Å². The number of benzene rings is 1. The van der Waals surface area contributed by atoms with Crippen molar-refractivity contribution in [1.82, 2.24) is 5.32 Å². The third-order valence-electron chi connectivity index (χ3n) is 4.41. The van der Waals surface area contributed by atoms with E-state index in [-0.39, 0.29) is 0 Å². The molecule has 1 N–H and O–H groups in total. The van der Waals surface area contributed by atoms with E-state index in [1.165, 1.54) is 31.2 Å². The Morgan fingerprint density at radius 2 is 1.95 bits per heavy atom. The molecule has 2 atom stereocenters. The highest BCUT2D eigenvalue weighted by molar-refractivity contribution is 5.37. The molecule has 0 saturated heterocycles. The van der Waals surface area contributed by atoms with E-state index in [2.05, 4.69) is 43.4 Å². The molecular weight excluding hydrogens is 246 g/mol. The molecule has 1 saturated carbocycles. The quantitative estimate of drug-likeness (QED) is 0.839. The molecule has 0 aromatic heterocycles. The Bertz CT molecular complexity index is 402. The summed E-state index contributed by atoms with van der Waals surface area (Å²) < 4.78 is 5.57. The normalized spacial score (nSPS) is 23.0. The van der Waals surface area contributed by atoms with Gasteiger partial charge in [-0.2, -0.15) is 0 Å². The smallest absolute Gasteiger partial charge is 0.122 e. The zero-order valence-corrected chi connectivity index (χ0v) is 13.2. The molecule has 0 aliphatic heterocycles. The molecule has 2 unspecified atom stereocenters. The molecule has 0 amide bonds. The standard InChI is InChI=1S/C18H29NO/c1-14(2)12-19-13-15-8-4-5-9-16(15)17-10-6-7-11-18(17)20-3/h6-7,10-11,14-16,19H,4-5,8-9,12-13H2,1-3H3. The predicted molar refractivity (Wildman–Crippen MR) is 85.4 cm³/mol. The summed E-state index contributed by atoms with van der Waals surface area (Å²) in [5, 5.41) is 3.65. The number of methoxy groups -OCH3 is 1. The number of hydrogen-bond donors (Lipinski definition) is 1. The molecule has 0 heterocycles. The molecule has 1 aliphatic carbocycles. The number of para-hydroxylation sites is 1. The highest BCUT2D eigenvalue weighted by atomic mass is 16.5. The van der Waals surface area contributed by atoms with E-state index in [1.807, 2.05) is 0 Å². The van der Waals surface area contributed by atoms with Crippen molar-refractivity contribution in [2.24, 2.45) is 11.8 Å². The van der Waals surface area contributed by atoms with Crippen LogP contribution in [0, 0.1) is 11.8 Å². The maximum absolute atomic E-state index is 5.57. The van der Waals surface area contributed by atoms with E-state index in [9.17, 15) is 0 Å². The Kier molecular flexibility index (Phi) is 5.90. The Morgan fingerprint density at radius 1 is 1.20 bits per heavy atom. The van der Waals surface area contributed by atoms with Gasteiger partial charge in [0.25, 0.3) is 0 Å². The van der Waals surface area contributed by atoms with Crippen LogP contribution < -0.4 is 10.1 Å². The molecule has 1 aromatic rings. The second-order valence-electron chi connectivity index (χ2n) is 6.45. The summed E-state index contributed by atoms with van der Waals surface area (Å²) in [6.45, 7) is 6.80. The molecule has 2 heteroatoms. The predicted octanol–water partition coefficient (Wildman–Crippen LogP) is 4.21. The van der Waals surface area contributed by atoms with E-state index in [0.717, 1.165) is 30.7 Å². The van der Waals surface area contributed by atoms with Gasteiger partial charge in [0.1, 0.15) is 5.75 Å². The Hall–Kier alpha value is -1.02. The van der Waals surface area contributed by atoms with Crippen molar-refractivity contribution in [2.75, 3.05) is 20.2 Å². The molecule has 2 rings (SSSR count). The van der Waals surface area contributed by atoms with Crippen molar-refractivity contribution >= 4 is 0 Å². The highest BCUT2D eigenvalue weighted by Gasteiger charge is 2.28. The molecule has 0 radical (unpaired) electrons. The first-order valence-corrected chi connectivity index (χ1v) is 8.06. The second kappa shape index (κ2) is 7.68. The van der Waals surface area contributed by atoms with Gasteiger partial charge < -0.3 is 10.1 Å². The van der Waals surface area contributed by atoms with Crippen molar-refractivity contribution in [3.8, 4) is 5.75 Å². The molecule has 0 bridgehead atoms. The SMILES string of the molecule is COc1ccccc1C1CCCCC1CNCC(C)C. The first-order valence-electron chi connectivity index (χ1n) is 8.06. The van der Waals surface area contributed by atoms with Gasteiger partial charge in [0.2, 0.25) is 0 Å². The van der Waals surface area contributed by atoms with Crippen LogP contribution in [0.2, 0.25) is 0 Å². The fourth-order valence-corrected chi connectivity index (χ4v) is 3.39. The lowest BCUT2D eigenvalue weighted by atomic mass is 9.75. The minimum atomic E-state index is 0.652. The number of hydrogen-bond acceptors (Lipinski definition) is 2. The van der Waals surface area contributed by atoms with E-state index >= 15 is 0 Å². The number of nitrogens with one attached hydrogen (secondary N) is 1. The van der Waals surface area contributed by atoms with Gasteiger partial charge in [0, 0.05) is 0 Å². The van der Waals surface area contributed by atoms with E-state index < -0.39 is 0 Å². The zero-order chi connectivity index (χ0) is 14.4. The summed E-state index contributed by atoms with van der Waals surface area (Å²) in [4.78, 5) is 0. The van der Waals surface area contributed by atoms with Gasteiger partial charge in [-0.15, -0.1) is 0 Å². The lowest BCUT2D eigenvalue weighted by Gasteiger charge is -2.33. The Labute approximate surface area is 123 Å². The van der Waals surface area contributed by atoms with Crippen molar-refractivity contribution in [1.29, 1.82) is 0 Å². The van der Waals surface area contributed by atoms with Gasteiger partial charge >= 0.3 is 0 Å². The van der Waals surface area contributed by atoms with Crippen LogP contribution in [0.4, 0.5) is 0 Å². The van der Waals surface area contributed by atoms with E-state index in [0.29, 0.717) is 5.92 Å². The van der Waals surface area contributed by atoms with Crippen molar-refractivity contribution in [3.05, 3.63) is 29.8 Å². The first kappa shape index (κ1) is 15.4. The molecule has 1 aliphatic rings. The second-order valence-corrected chi connectivity index (χ2v) is 6.45. The Morgan fingerprint density at radius 3 is 2.70 bits per heavy atom. The van der Waals surface area contributed by atoms with Crippen LogP contribution in [-0.4, -0.2) is 20.2 Å². The monoisotopic (exact) mass is 275 g/mol. The number of rotatable bonds is 6. The highest BCUT2D eigenvalue weighted by Crippen LogP contribution is 2.41. The summed E-state index contributed by atoms with van der Waals surface area (Å²) in [5.41, 5.74) is 1.41. The van der Waals surface area contributed by atoms with Crippen LogP contribution in [0.5, 0.6) is 5.75 Å². The largest absolute Gasteiger partial charge is 0.496 e. The summed E-state index contributed by atoms with van der Waals surface area (Å²) in [5.74, 6) is 3.19. The van der Waals surface area contributed by atoms with Crippen LogP contribution in [0.25, 0.3) is 0 Å². The molecular formula is C18H29NO. The van der Waals surface area contributed by atoms with Crippen molar-refractivity contribution < 1.29 is 4.74 Å². The lowest BCUT2D eigenvalue weighted by molar-refractivity contribution is 0.285. The summed E-state index contributed by atoms with van der Waals surface area (Å²) in [6, 6.07) is 8.56. The fourth-order valence-electron chi connectivity index (χ4n) is 3.39. The Balaban J connectivity index is 2.06. The molecule has 20 heavy (non-hydrogen) atoms. The van der Waals surface area contributed by atoms with Gasteiger partial charge in [-0.1, -0.05) is 44.9 Å². The summed E-state index contributed by atoms with van der Waals surface area (Å²) in [6.07, 6.45) is 5.37. The maximum Gasteiger partial charge on any atom is 0.122 e. The van der Waals surface area contributed by atoms with Crippen LogP contribution in [0.3, 0.4) is 0 Å². The maximum atomic E-state index is 5.57. The molecule has 112 valence electrons. The molecule has 1 fully saturated rings. The summed E-state index contributed by atoms with van der Waals surface area (Å²) >= 11 is 0. The minimum absolute atomic E-state index is 0.652. The van der Waals surface area contributed by atoms with Crippen LogP contribution in [0.1, 0.15) is 51.0 Å². The van der Waals surface area contributed by atoms with Crippen molar-refractivity contribution in [2.45, 2.75) is 45.4 Å². The van der Waals surface area contributed by atoms with E-state index in [4.69, 9.17) is 4.74 Å². The van der Waals surface area contributed by atoms with Gasteiger partial charge in [0.05, 0.1) is 7.11 Å². The molecule has 1 aromatic carbocycles. The third kappa shape index (κ3) is 3.99. The average Bonchev–Trinajstić information content (AvgIpc) is 2.47. The van der Waals surface area contributed by atoms with Crippen molar-refractivity contribution in [3.63, 3.8) is 0 Å². The molecule has 0 spiro atoms. The van der Waals surface area contributed by atoms with Gasteiger partial charge in [0.15, 0.2) is 0 Å². The van der Waals surface area contributed by atoms with Crippen LogP contribution >= 0.6 is 0 Å². The lowest BCUT2D eigenvalue weighted by Crippen LogP contribution is -2.31. The zero-order valence-electron chi connectivity index (χ0n) is 13.2. The van der Waals surface area contributed by atoms with Gasteiger partial charge in [-0.3, -0.25) is 0 Å². The third-order valence-corrected chi connectivity index (χ3v) is 4.41. The minimum Gasteiger partial charge on any atom is -0.496 e. The van der Waals surface area contributed by atoms with E-state index in [1.54, 1.807) is 7.11 Å². The van der Waals surface area contributed by atoms with Crippen LogP contribution in [0.15, 0.2) is 24.3 Å². The number of ether oxygens (including phenoxy) is 1. The fraction of sp³-hybridized carbons (Fsp3) is 0.667. The average molecular weight is 275 g/mol.